The topological polar surface area (TPSA) is 61.1 Å². The fourth-order valence-corrected chi connectivity index (χ4v) is 1.92. The van der Waals surface area contributed by atoms with Crippen molar-refractivity contribution in [1.82, 2.24) is 0 Å². The Kier molecular flexibility index (Phi) is 3.50. The first-order valence-corrected chi connectivity index (χ1v) is 5.63. The molecule has 0 atom stereocenters. The fourth-order valence-electron chi connectivity index (χ4n) is 1.75. The average Bonchev–Trinajstić information content (AvgIpc) is 2.37. The molecule has 5 heteroatoms. The summed E-state index contributed by atoms with van der Waals surface area (Å²) in [4.78, 5) is 11.1. The van der Waals surface area contributed by atoms with Gasteiger partial charge < -0.3 is 5.11 Å². The van der Waals surface area contributed by atoms with E-state index in [0.29, 0.717) is 10.6 Å². The minimum Gasteiger partial charge on any atom is -0.478 e. The SMILES string of the molecule is N#Cc1cc(F)cc(-c2cc(Cl)ccc2C(=O)O)c1. The van der Waals surface area contributed by atoms with Crippen molar-refractivity contribution in [1.29, 1.82) is 5.26 Å². The van der Waals surface area contributed by atoms with Crippen LogP contribution in [0.2, 0.25) is 5.02 Å². The molecule has 0 fully saturated rings. The van der Waals surface area contributed by atoms with Gasteiger partial charge in [-0.2, -0.15) is 5.26 Å². The third-order valence-corrected chi connectivity index (χ3v) is 2.79. The summed E-state index contributed by atoms with van der Waals surface area (Å²) in [5.41, 5.74) is 0.692. The van der Waals surface area contributed by atoms with Gasteiger partial charge in [0.15, 0.2) is 0 Å². The Morgan fingerprint density at radius 3 is 2.63 bits per heavy atom. The van der Waals surface area contributed by atoms with E-state index < -0.39 is 11.8 Å². The first-order valence-electron chi connectivity index (χ1n) is 5.25. The van der Waals surface area contributed by atoms with Gasteiger partial charge in [-0.05, 0) is 47.5 Å². The second-order valence-electron chi connectivity index (χ2n) is 3.84. The maximum atomic E-state index is 13.4. The zero-order valence-corrected chi connectivity index (χ0v) is 10.3. The summed E-state index contributed by atoms with van der Waals surface area (Å²) >= 11 is 5.83. The molecular weight excluding hydrogens is 269 g/mol. The number of halogens is 2. The van der Waals surface area contributed by atoms with E-state index in [4.69, 9.17) is 22.0 Å². The van der Waals surface area contributed by atoms with Gasteiger partial charge in [-0.15, -0.1) is 0 Å². The molecule has 0 saturated heterocycles. The standard InChI is InChI=1S/C14H7ClFNO2/c15-10-1-2-12(14(18)19)13(6-10)9-3-8(7-17)4-11(16)5-9/h1-6H,(H,18,19). The maximum absolute atomic E-state index is 13.4. The van der Waals surface area contributed by atoms with Gasteiger partial charge in [-0.1, -0.05) is 11.6 Å². The molecule has 0 aliphatic heterocycles. The number of carboxylic acid groups (broad SMARTS) is 1. The van der Waals surface area contributed by atoms with Crippen molar-refractivity contribution in [2.24, 2.45) is 0 Å². The molecule has 0 aromatic heterocycles. The van der Waals surface area contributed by atoms with Crippen LogP contribution in [0, 0.1) is 17.1 Å². The summed E-state index contributed by atoms with van der Waals surface area (Å²) in [5, 5.41) is 18.3. The predicted octanol–water partition coefficient (Wildman–Crippen LogP) is 3.72. The number of aromatic carboxylic acids is 1. The van der Waals surface area contributed by atoms with Crippen molar-refractivity contribution in [3.05, 3.63) is 58.4 Å². The summed E-state index contributed by atoms with van der Waals surface area (Å²) in [5.74, 6) is -1.75. The fraction of sp³-hybridized carbons (Fsp3) is 0. The average molecular weight is 276 g/mol. The number of hydrogen-bond donors (Lipinski definition) is 1. The molecule has 1 N–H and O–H groups in total. The van der Waals surface area contributed by atoms with E-state index in [1.807, 2.05) is 6.07 Å². The van der Waals surface area contributed by atoms with E-state index in [-0.39, 0.29) is 16.7 Å². The highest BCUT2D eigenvalue weighted by atomic mass is 35.5. The highest BCUT2D eigenvalue weighted by Crippen LogP contribution is 2.28. The number of benzene rings is 2. The van der Waals surface area contributed by atoms with Crippen LogP contribution < -0.4 is 0 Å². The van der Waals surface area contributed by atoms with Crippen LogP contribution in [0.3, 0.4) is 0 Å². The van der Waals surface area contributed by atoms with Crippen molar-refractivity contribution < 1.29 is 14.3 Å². The Bertz CT molecular complexity index is 707. The number of carbonyl (C=O) groups is 1. The van der Waals surface area contributed by atoms with Gasteiger partial charge in [-0.25, -0.2) is 9.18 Å². The summed E-state index contributed by atoms with van der Waals surface area (Å²) in [7, 11) is 0. The van der Waals surface area contributed by atoms with Crippen molar-refractivity contribution in [3.63, 3.8) is 0 Å². The minimum atomic E-state index is -1.14. The normalized spacial score (nSPS) is 9.95. The van der Waals surface area contributed by atoms with Crippen molar-refractivity contribution >= 4 is 17.6 Å². The van der Waals surface area contributed by atoms with Crippen molar-refractivity contribution in [3.8, 4) is 17.2 Å². The van der Waals surface area contributed by atoms with Gasteiger partial charge in [-0.3, -0.25) is 0 Å². The molecule has 0 aliphatic rings. The zero-order chi connectivity index (χ0) is 14.0. The van der Waals surface area contributed by atoms with Gasteiger partial charge in [0.2, 0.25) is 0 Å². The highest BCUT2D eigenvalue weighted by Gasteiger charge is 2.13. The molecule has 0 radical (unpaired) electrons. The van der Waals surface area contributed by atoms with Crippen molar-refractivity contribution in [2.45, 2.75) is 0 Å². The second-order valence-corrected chi connectivity index (χ2v) is 4.27. The van der Waals surface area contributed by atoms with Gasteiger partial charge in [0.25, 0.3) is 0 Å². The number of rotatable bonds is 2. The van der Waals surface area contributed by atoms with Crippen LogP contribution in [0.1, 0.15) is 15.9 Å². The highest BCUT2D eigenvalue weighted by molar-refractivity contribution is 6.31. The predicted molar refractivity (Wildman–Crippen MR) is 68.5 cm³/mol. The molecule has 0 spiro atoms. The molecule has 2 aromatic rings. The third-order valence-electron chi connectivity index (χ3n) is 2.55. The minimum absolute atomic E-state index is 0.00103. The number of nitriles is 1. The molecule has 19 heavy (non-hydrogen) atoms. The van der Waals surface area contributed by atoms with Crippen molar-refractivity contribution in [2.75, 3.05) is 0 Å². The molecule has 0 bridgehead atoms. The zero-order valence-electron chi connectivity index (χ0n) is 9.52. The maximum Gasteiger partial charge on any atom is 0.336 e. The number of nitrogens with zero attached hydrogens (tertiary/aromatic N) is 1. The van der Waals surface area contributed by atoms with Crippen LogP contribution in [0.4, 0.5) is 4.39 Å². The van der Waals surface area contributed by atoms with Gasteiger partial charge in [0.1, 0.15) is 5.82 Å². The number of hydrogen-bond acceptors (Lipinski definition) is 2. The largest absolute Gasteiger partial charge is 0.478 e. The Morgan fingerprint density at radius 2 is 2.00 bits per heavy atom. The Hall–Kier alpha value is -2.38. The first-order chi connectivity index (χ1) is 9.01. The summed E-state index contributed by atoms with van der Waals surface area (Å²) < 4.78 is 13.4. The number of carboxylic acids is 1. The van der Waals surface area contributed by atoms with E-state index in [0.717, 1.165) is 6.07 Å². The van der Waals surface area contributed by atoms with Crippen LogP contribution in [0.15, 0.2) is 36.4 Å². The van der Waals surface area contributed by atoms with Gasteiger partial charge >= 0.3 is 5.97 Å². The molecular formula is C14H7ClFNO2. The van der Waals surface area contributed by atoms with E-state index in [1.165, 1.54) is 30.3 Å². The molecule has 94 valence electrons. The van der Waals surface area contributed by atoms with Crippen LogP contribution in [0.5, 0.6) is 0 Å². The molecule has 2 aromatic carbocycles. The third kappa shape index (κ3) is 2.72. The van der Waals surface area contributed by atoms with Gasteiger partial charge in [0.05, 0.1) is 17.2 Å². The quantitative estimate of drug-likeness (QED) is 0.909. The van der Waals surface area contributed by atoms with Crippen LogP contribution in [-0.4, -0.2) is 11.1 Å². The van der Waals surface area contributed by atoms with Gasteiger partial charge in [0, 0.05) is 5.02 Å². The summed E-state index contributed by atoms with van der Waals surface area (Å²) in [6, 6.07) is 9.70. The molecule has 0 saturated carbocycles. The lowest BCUT2D eigenvalue weighted by atomic mass is 9.98. The lowest BCUT2D eigenvalue weighted by Gasteiger charge is -2.07. The lowest BCUT2D eigenvalue weighted by molar-refractivity contribution is 0.0697. The summed E-state index contributed by atoms with van der Waals surface area (Å²) in [6.45, 7) is 0. The first kappa shape index (κ1) is 13.1. The smallest absolute Gasteiger partial charge is 0.336 e. The molecule has 3 nitrogen and oxygen atoms in total. The molecule has 0 aliphatic carbocycles. The van der Waals surface area contributed by atoms with Crippen LogP contribution in [0.25, 0.3) is 11.1 Å². The lowest BCUT2D eigenvalue weighted by Crippen LogP contribution is -1.99. The monoisotopic (exact) mass is 275 g/mol. The molecule has 0 amide bonds. The Morgan fingerprint density at radius 1 is 1.26 bits per heavy atom. The van der Waals surface area contributed by atoms with Crippen LogP contribution in [-0.2, 0) is 0 Å². The summed E-state index contributed by atoms with van der Waals surface area (Å²) in [6.07, 6.45) is 0. The molecule has 0 heterocycles. The molecule has 0 unspecified atom stereocenters. The van der Waals surface area contributed by atoms with E-state index in [1.54, 1.807) is 0 Å². The van der Waals surface area contributed by atoms with E-state index in [2.05, 4.69) is 0 Å². The van der Waals surface area contributed by atoms with Crippen LogP contribution >= 0.6 is 11.6 Å². The van der Waals surface area contributed by atoms with E-state index in [9.17, 15) is 9.18 Å². The molecule has 2 rings (SSSR count). The van der Waals surface area contributed by atoms with E-state index >= 15 is 0 Å². The Balaban J connectivity index is 2.71. The Labute approximate surface area is 113 Å². The second kappa shape index (κ2) is 5.09.